The van der Waals surface area contributed by atoms with E-state index >= 15 is 0 Å². The van der Waals surface area contributed by atoms with Gasteiger partial charge in [0.15, 0.2) is 5.13 Å². The number of sulfonamides is 1. The van der Waals surface area contributed by atoms with E-state index in [0.29, 0.717) is 44.9 Å². The second-order valence-corrected chi connectivity index (χ2v) is 12.5. The lowest BCUT2D eigenvalue weighted by atomic mass is 9.70. The Morgan fingerprint density at radius 1 is 1.13 bits per heavy atom. The molecule has 3 aliphatic rings. The van der Waals surface area contributed by atoms with E-state index in [9.17, 15) is 13.2 Å². The average Bonchev–Trinajstić information content (AvgIpc) is 3.38. The van der Waals surface area contributed by atoms with Gasteiger partial charge in [-0.15, -0.1) is 11.3 Å². The third-order valence-corrected chi connectivity index (χ3v) is 10.9. The van der Waals surface area contributed by atoms with Crippen LogP contribution in [0.25, 0.3) is 11.3 Å². The Labute approximate surface area is 188 Å². The Balaban J connectivity index is 1.26. The molecule has 6 nitrogen and oxygen atoms in total. The fourth-order valence-electron chi connectivity index (χ4n) is 5.82. The topological polar surface area (TPSA) is 70.6 Å². The molecule has 0 N–H and O–H groups in total. The van der Waals surface area contributed by atoms with Crippen LogP contribution in [0.2, 0.25) is 0 Å². The van der Waals surface area contributed by atoms with Crippen LogP contribution in [0.3, 0.4) is 0 Å². The summed E-state index contributed by atoms with van der Waals surface area (Å²) in [4.78, 5) is 19.7. The van der Waals surface area contributed by atoms with Crippen molar-refractivity contribution in [1.29, 1.82) is 0 Å². The van der Waals surface area contributed by atoms with Crippen LogP contribution in [0.15, 0.2) is 35.7 Å². The number of hydrogen-bond acceptors (Lipinski definition) is 6. The van der Waals surface area contributed by atoms with Gasteiger partial charge in [0.1, 0.15) is 5.78 Å². The molecule has 1 saturated heterocycles. The van der Waals surface area contributed by atoms with Gasteiger partial charge in [-0.1, -0.05) is 44.2 Å². The number of benzene rings is 1. The van der Waals surface area contributed by atoms with Gasteiger partial charge in [-0.2, -0.15) is 4.31 Å². The van der Waals surface area contributed by atoms with Gasteiger partial charge in [0.05, 0.1) is 11.4 Å². The normalized spacial score (nSPS) is 28.4. The van der Waals surface area contributed by atoms with Crippen molar-refractivity contribution < 1.29 is 13.2 Å². The number of piperazine rings is 1. The zero-order valence-corrected chi connectivity index (χ0v) is 19.7. The van der Waals surface area contributed by atoms with E-state index in [1.54, 1.807) is 15.6 Å². The fourth-order valence-corrected chi connectivity index (χ4v) is 8.91. The lowest BCUT2D eigenvalue weighted by molar-refractivity contribution is -0.128. The summed E-state index contributed by atoms with van der Waals surface area (Å²) in [6.07, 6.45) is 2.23. The van der Waals surface area contributed by atoms with Crippen LogP contribution < -0.4 is 4.90 Å². The number of ketones is 1. The van der Waals surface area contributed by atoms with Gasteiger partial charge in [-0.25, -0.2) is 13.4 Å². The van der Waals surface area contributed by atoms with Crippen LogP contribution in [0.4, 0.5) is 5.13 Å². The summed E-state index contributed by atoms with van der Waals surface area (Å²) in [6.45, 7) is 6.31. The summed E-state index contributed by atoms with van der Waals surface area (Å²) in [5.74, 6) is 0.459. The number of carbonyl (C=O) groups is 1. The van der Waals surface area contributed by atoms with Crippen molar-refractivity contribution in [2.45, 2.75) is 33.1 Å². The Kier molecular flexibility index (Phi) is 5.03. The van der Waals surface area contributed by atoms with Crippen LogP contribution in [-0.2, 0) is 14.8 Å². The quantitative estimate of drug-likeness (QED) is 0.683. The number of aromatic nitrogens is 1. The SMILES string of the molecule is CC1(C)[C@H]2CC[C@]1(CS(=O)(=O)N1CCN(c3nc(-c4ccccc4)cs3)CC1)C(=O)C2. The van der Waals surface area contributed by atoms with Gasteiger partial charge in [0.2, 0.25) is 10.0 Å². The molecule has 31 heavy (non-hydrogen) atoms. The lowest BCUT2D eigenvalue weighted by Gasteiger charge is -2.39. The maximum atomic E-state index is 13.3. The highest BCUT2D eigenvalue weighted by atomic mass is 32.2. The summed E-state index contributed by atoms with van der Waals surface area (Å²) >= 11 is 1.60. The Hall–Kier alpha value is -1.77. The number of hydrogen-bond donors (Lipinski definition) is 0. The molecule has 0 spiro atoms. The van der Waals surface area contributed by atoms with Crippen molar-refractivity contribution in [3.05, 3.63) is 35.7 Å². The van der Waals surface area contributed by atoms with Crippen molar-refractivity contribution in [2.24, 2.45) is 16.7 Å². The maximum absolute atomic E-state index is 13.3. The molecule has 2 aromatic rings. The van der Waals surface area contributed by atoms with E-state index in [1.165, 1.54) is 0 Å². The van der Waals surface area contributed by atoms with Gasteiger partial charge >= 0.3 is 0 Å². The summed E-state index contributed by atoms with van der Waals surface area (Å²) in [5.41, 5.74) is 1.11. The zero-order chi connectivity index (χ0) is 21.9. The van der Waals surface area contributed by atoms with E-state index in [4.69, 9.17) is 4.98 Å². The van der Waals surface area contributed by atoms with Crippen molar-refractivity contribution in [3.63, 3.8) is 0 Å². The maximum Gasteiger partial charge on any atom is 0.215 e. The molecule has 1 aliphatic heterocycles. The predicted octanol–water partition coefficient (Wildman–Crippen LogP) is 3.66. The highest BCUT2D eigenvalue weighted by Crippen LogP contribution is 2.64. The number of anilines is 1. The molecule has 2 saturated carbocycles. The first kappa shape index (κ1) is 21.1. The summed E-state index contributed by atoms with van der Waals surface area (Å²) in [6, 6.07) is 10.1. The molecule has 0 amide bonds. The summed E-state index contributed by atoms with van der Waals surface area (Å²) in [5, 5.41) is 2.98. The first-order valence-electron chi connectivity index (χ1n) is 11.0. The molecule has 2 aliphatic carbocycles. The molecule has 2 bridgehead atoms. The van der Waals surface area contributed by atoms with Gasteiger partial charge in [-0.3, -0.25) is 4.79 Å². The first-order valence-corrected chi connectivity index (χ1v) is 13.5. The molecule has 2 atom stereocenters. The van der Waals surface area contributed by atoms with Crippen molar-refractivity contribution >= 4 is 32.3 Å². The monoisotopic (exact) mass is 459 g/mol. The van der Waals surface area contributed by atoms with Crippen LogP contribution >= 0.6 is 11.3 Å². The van der Waals surface area contributed by atoms with Crippen LogP contribution in [0.5, 0.6) is 0 Å². The first-order chi connectivity index (χ1) is 14.7. The molecule has 5 rings (SSSR count). The average molecular weight is 460 g/mol. The molecule has 8 heteroatoms. The minimum Gasteiger partial charge on any atom is -0.345 e. The number of nitrogens with zero attached hydrogens (tertiary/aromatic N) is 3. The molecular weight excluding hydrogens is 430 g/mol. The summed E-state index contributed by atoms with van der Waals surface area (Å²) in [7, 11) is -3.49. The molecule has 2 heterocycles. The number of fused-ring (bicyclic) bond motifs is 2. The number of rotatable bonds is 5. The molecular formula is C23H29N3O3S2. The lowest BCUT2D eigenvalue weighted by Crippen LogP contribution is -2.52. The van der Waals surface area contributed by atoms with Crippen LogP contribution in [0, 0.1) is 16.7 Å². The number of Topliss-reactive ketones (excluding diaryl/α,β-unsaturated/α-hetero) is 1. The van der Waals surface area contributed by atoms with Gasteiger partial charge in [0.25, 0.3) is 0 Å². The predicted molar refractivity (Wildman–Crippen MR) is 124 cm³/mol. The van der Waals surface area contributed by atoms with Crippen molar-refractivity contribution in [1.82, 2.24) is 9.29 Å². The van der Waals surface area contributed by atoms with E-state index in [0.717, 1.165) is 22.8 Å². The standard InChI is InChI=1S/C23H29N3O3S2/c1-22(2)18-8-9-23(22,20(27)14-18)16-31(28,29)26-12-10-25(11-13-26)21-24-19(15-30-21)17-6-4-3-5-7-17/h3-7,15,18H,8-14,16H2,1-2H3/t18-,23-/m0/s1. The van der Waals surface area contributed by atoms with Crippen molar-refractivity contribution in [2.75, 3.05) is 36.8 Å². The summed E-state index contributed by atoms with van der Waals surface area (Å²) < 4.78 is 28.3. The van der Waals surface area contributed by atoms with Gasteiger partial charge in [-0.05, 0) is 24.2 Å². The van der Waals surface area contributed by atoms with Gasteiger partial charge in [0, 0.05) is 49.0 Å². The van der Waals surface area contributed by atoms with E-state index in [2.05, 4.69) is 24.1 Å². The molecule has 1 aromatic carbocycles. The largest absolute Gasteiger partial charge is 0.345 e. The second-order valence-electron chi connectivity index (χ2n) is 9.69. The number of carbonyl (C=O) groups excluding carboxylic acids is 1. The highest BCUT2D eigenvalue weighted by molar-refractivity contribution is 7.89. The molecule has 1 aromatic heterocycles. The molecule has 166 valence electrons. The van der Waals surface area contributed by atoms with E-state index < -0.39 is 15.4 Å². The minimum atomic E-state index is -3.49. The van der Waals surface area contributed by atoms with Crippen LogP contribution in [-0.4, -0.2) is 55.4 Å². The zero-order valence-electron chi connectivity index (χ0n) is 18.1. The third-order valence-electron chi connectivity index (χ3n) is 8.03. The molecule has 3 fully saturated rings. The second kappa shape index (κ2) is 7.39. The van der Waals surface area contributed by atoms with Crippen LogP contribution in [0.1, 0.15) is 33.1 Å². The third kappa shape index (κ3) is 3.34. The van der Waals surface area contributed by atoms with Gasteiger partial charge < -0.3 is 4.90 Å². The van der Waals surface area contributed by atoms with E-state index in [-0.39, 0.29) is 17.0 Å². The Morgan fingerprint density at radius 3 is 2.45 bits per heavy atom. The highest BCUT2D eigenvalue weighted by Gasteiger charge is 2.65. The number of thiazole rings is 1. The molecule has 0 unspecified atom stereocenters. The smallest absolute Gasteiger partial charge is 0.215 e. The Morgan fingerprint density at radius 2 is 1.84 bits per heavy atom. The minimum absolute atomic E-state index is 0.0300. The van der Waals surface area contributed by atoms with E-state index in [1.807, 2.05) is 30.3 Å². The van der Waals surface area contributed by atoms with Crippen molar-refractivity contribution in [3.8, 4) is 11.3 Å². The fraction of sp³-hybridized carbons (Fsp3) is 0.565. The Bertz CT molecular complexity index is 1090. The molecule has 0 radical (unpaired) electrons.